The first-order valence-electron chi connectivity index (χ1n) is 22.6. The molecule has 0 atom stereocenters. The van der Waals surface area contributed by atoms with Gasteiger partial charge in [0.15, 0.2) is 0 Å². The molecule has 0 amide bonds. The van der Waals surface area contributed by atoms with E-state index < -0.39 is 5.97 Å². The highest BCUT2D eigenvalue weighted by atomic mass is 16.5. The minimum atomic E-state index is -0.524. The topological polar surface area (TPSA) is 194 Å². The van der Waals surface area contributed by atoms with Crippen molar-refractivity contribution < 1.29 is 19.0 Å². The number of hydrogen-bond donors (Lipinski definition) is 0. The van der Waals surface area contributed by atoms with E-state index >= 15 is 0 Å². The Morgan fingerprint density at radius 1 is 0.456 bits per heavy atom. The second-order valence-corrected chi connectivity index (χ2v) is 15.8. The van der Waals surface area contributed by atoms with E-state index in [0.29, 0.717) is 29.9 Å². The van der Waals surface area contributed by atoms with Crippen molar-refractivity contribution in [3.63, 3.8) is 0 Å². The predicted octanol–water partition coefficient (Wildman–Crippen LogP) is 12.7. The molecule has 0 heterocycles. The molecule has 0 saturated carbocycles. The lowest BCUT2D eigenvalue weighted by atomic mass is 10.0. The Bertz CT molecular complexity index is 2610. The number of benzene rings is 5. The molecule has 5 aromatic rings. The van der Waals surface area contributed by atoms with Crippen LogP contribution in [0, 0.1) is 68.0 Å². The zero-order chi connectivity index (χ0) is 48.7. The Kier molecular flexibility index (Phi) is 19.4. The van der Waals surface area contributed by atoms with Crippen molar-refractivity contribution in [1.29, 1.82) is 31.6 Å². The fourth-order valence-corrected chi connectivity index (χ4v) is 7.51. The number of anilines is 4. The van der Waals surface area contributed by atoms with Gasteiger partial charge in [-0.1, -0.05) is 82.7 Å². The fraction of sp³-hybridized carbons (Fsp3) is 0.268. The third kappa shape index (κ3) is 13.6. The second-order valence-electron chi connectivity index (χ2n) is 15.8. The van der Waals surface area contributed by atoms with Crippen LogP contribution >= 0.6 is 0 Å². The highest BCUT2D eigenvalue weighted by Crippen LogP contribution is 2.34. The van der Waals surface area contributed by atoms with E-state index in [-0.39, 0.29) is 35.4 Å². The lowest BCUT2D eigenvalue weighted by molar-refractivity contribution is 0.0600. The van der Waals surface area contributed by atoms with E-state index in [1.165, 1.54) is 7.11 Å². The van der Waals surface area contributed by atoms with E-state index in [4.69, 9.17) is 14.2 Å². The zero-order valence-electron chi connectivity index (χ0n) is 38.7. The van der Waals surface area contributed by atoms with Crippen LogP contribution in [-0.4, -0.2) is 26.3 Å². The minimum absolute atomic E-state index is 0.0243. The molecule has 0 fully saturated rings. The van der Waals surface area contributed by atoms with Crippen LogP contribution < -0.4 is 19.3 Å². The molecular formula is C56H52N8O4. The standard InChI is InChI=1S/C56H52N8O4/c1-4-6-8-10-28-67-52-24-20-50(21-25-52)63(48-16-12-43(13-17-48)54(37-61)46(33-57)34-58)39-41-30-42(32-45(31-41)56(65)66-3)40-64(51-22-26-53(27-23-51)68-29-11-9-7-5-2)49-18-14-44(15-19-49)55(38-62)47(35-59)36-60/h12-27,30-32H,4-11,28-29,39-40H2,1-3H3. The van der Waals surface area contributed by atoms with Gasteiger partial charge >= 0.3 is 5.97 Å². The van der Waals surface area contributed by atoms with Crippen molar-refractivity contribution in [3.8, 4) is 47.9 Å². The number of unbranched alkanes of at least 4 members (excludes halogenated alkanes) is 6. The number of carbonyl (C=O) groups is 1. The van der Waals surface area contributed by atoms with E-state index in [1.54, 1.807) is 36.4 Å². The summed E-state index contributed by atoms with van der Waals surface area (Å²) in [5.41, 5.74) is 5.18. The number of methoxy groups -OCH3 is 1. The summed E-state index contributed by atoms with van der Waals surface area (Å²) in [6, 6.07) is 46.4. The summed E-state index contributed by atoms with van der Waals surface area (Å²) in [6.45, 7) is 6.10. The van der Waals surface area contributed by atoms with Gasteiger partial charge in [0.2, 0.25) is 0 Å². The number of nitriles is 6. The maximum atomic E-state index is 13.4. The number of esters is 1. The fourth-order valence-electron chi connectivity index (χ4n) is 7.51. The van der Waals surface area contributed by atoms with Crippen LogP contribution in [0.15, 0.2) is 126 Å². The van der Waals surface area contributed by atoms with Gasteiger partial charge in [0, 0.05) is 35.8 Å². The van der Waals surface area contributed by atoms with Crippen LogP contribution in [-0.2, 0) is 17.8 Å². The molecule has 0 bridgehead atoms. The van der Waals surface area contributed by atoms with Crippen molar-refractivity contribution in [1.82, 2.24) is 0 Å². The lowest BCUT2D eigenvalue weighted by Gasteiger charge is -2.28. The lowest BCUT2D eigenvalue weighted by Crippen LogP contribution is -2.19. The van der Waals surface area contributed by atoms with Gasteiger partial charge in [-0.05, 0) is 120 Å². The summed E-state index contributed by atoms with van der Waals surface area (Å²) in [7, 11) is 1.33. The molecule has 0 aliphatic rings. The van der Waals surface area contributed by atoms with Gasteiger partial charge < -0.3 is 24.0 Å². The Labute approximate surface area is 399 Å². The first-order chi connectivity index (χ1) is 33.2. The molecule has 12 nitrogen and oxygen atoms in total. The average molecular weight is 901 g/mol. The van der Waals surface area contributed by atoms with Crippen molar-refractivity contribution in [3.05, 3.63) is 154 Å². The molecule has 0 radical (unpaired) electrons. The van der Waals surface area contributed by atoms with E-state index in [9.17, 15) is 36.4 Å². The highest BCUT2D eigenvalue weighted by Gasteiger charge is 2.19. The predicted molar refractivity (Wildman–Crippen MR) is 262 cm³/mol. The Morgan fingerprint density at radius 3 is 1.12 bits per heavy atom. The molecule has 0 aliphatic heterocycles. The first kappa shape index (κ1) is 50.2. The summed E-state index contributed by atoms with van der Waals surface area (Å²) < 4.78 is 17.4. The third-order valence-electron chi connectivity index (χ3n) is 11.1. The van der Waals surface area contributed by atoms with Gasteiger partial charge in [0.05, 0.1) is 37.0 Å². The molecule has 0 N–H and O–H groups in total. The average Bonchev–Trinajstić information content (AvgIpc) is 3.38. The number of allylic oxidation sites excluding steroid dienone is 4. The van der Waals surface area contributed by atoms with Crippen molar-refractivity contribution in [2.45, 2.75) is 78.3 Å². The minimum Gasteiger partial charge on any atom is -0.494 e. The molecule has 0 spiro atoms. The SMILES string of the molecule is CCCCCCOc1ccc(N(Cc2cc(CN(c3ccc(OCCCCCC)cc3)c3ccc(C(C#N)=C(C#N)C#N)cc3)cc(C(=O)OC)c2)c2ccc(C(C#N)=C(C#N)C#N)cc2)cc1. The normalized spacial score (nSPS) is 10.1. The smallest absolute Gasteiger partial charge is 0.337 e. The monoisotopic (exact) mass is 900 g/mol. The number of hydrogen-bond acceptors (Lipinski definition) is 12. The van der Waals surface area contributed by atoms with Crippen LogP contribution in [0.1, 0.15) is 97.8 Å². The molecule has 0 saturated heterocycles. The van der Waals surface area contributed by atoms with Gasteiger partial charge in [-0.15, -0.1) is 0 Å². The maximum Gasteiger partial charge on any atom is 0.337 e. The quantitative estimate of drug-likeness (QED) is 0.0342. The van der Waals surface area contributed by atoms with Crippen LogP contribution in [0.25, 0.3) is 11.1 Å². The summed E-state index contributed by atoms with van der Waals surface area (Å²) in [5.74, 6) is 0.939. The summed E-state index contributed by atoms with van der Waals surface area (Å²) >= 11 is 0. The third-order valence-corrected chi connectivity index (χ3v) is 11.1. The molecular weight excluding hydrogens is 849 g/mol. The Balaban J connectivity index is 1.57. The number of ether oxygens (including phenoxy) is 3. The van der Waals surface area contributed by atoms with Gasteiger partial charge in [0.1, 0.15) is 59.1 Å². The summed E-state index contributed by atoms with van der Waals surface area (Å²) in [5, 5.41) is 57.7. The number of nitrogens with zero attached hydrogens (tertiary/aromatic N) is 8. The molecule has 0 aliphatic carbocycles. The highest BCUT2D eigenvalue weighted by molar-refractivity contribution is 5.90. The van der Waals surface area contributed by atoms with Crippen molar-refractivity contribution in [2.75, 3.05) is 30.1 Å². The zero-order valence-corrected chi connectivity index (χ0v) is 38.7. The van der Waals surface area contributed by atoms with Gasteiger partial charge in [-0.3, -0.25) is 0 Å². The molecule has 0 unspecified atom stereocenters. The Hall–Kier alpha value is -8.81. The maximum absolute atomic E-state index is 13.4. The molecule has 68 heavy (non-hydrogen) atoms. The summed E-state index contributed by atoms with van der Waals surface area (Å²) in [6.07, 6.45) is 8.67. The van der Waals surface area contributed by atoms with E-state index in [1.807, 2.05) is 115 Å². The second kappa shape index (κ2) is 26.2. The van der Waals surface area contributed by atoms with E-state index in [0.717, 1.165) is 96.7 Å². The first-order valence-corrected chi connectivity index (χ1v) is 22.6. The van der Waals surface area contributed by atoms with E-state index in [2.05, 4.69) is 23.6 Å². The molecule has 5 aromatic carbocycles. The Morgan fingerprint density at radius 2 is 0.809 bits per heavy atom. The molecule has 5 rings (SSSR count). The number of rotatable bonds is 23. The molecule has 0 aromatic heterocycles. The number of carbonyl (C=O) groups excluding carboxylic acids is 1. The largest absolute Gasteiger partial charge is 0.494 e. The molecule has 340 valence electrons. The molecule has 12 heteroatoms. The van der Waals surface area contributed by atoms with Crippen LogP contribution in [0.4, 0.5) is 22.7 Å². The van der Waals surface area contributed by atoms with Gasteiger partial charge in [0.25, 0.3) is 0 Å². The van der Waals surface area contributed by atoms with Crippen molar-refractivity contribution >= 4 is 39.9 Å². The van der Waals surface area contributed by atoms with Crippen LogP contribution in [0.3, 0.4) is 0 Å². The van der Waals surface area contributed by atoms with Crippen LogP contribution in [0.5, 0.6) is 11.5 Å². The van der Waals surface area contributed by atoms with Gasteiger partial charge in [-0.25, -0.2) is 4.79 Å². The summed E-state index contributed by atoms with van der Waals surface area (Å²) in [4.78, 5) is 17.5. The van der Waals surface area contributed by atoms with Crippen molar-refractivity contribution in [2.24, 2.45) is 0 Å². The van der Waals surface area contributed by atoms with Gasteiger partial charge in [-0.2, -0.15) is 31.6 Å². The van der Waals surface area contributed by atoms with Crippen LogP contribution in [0.2, 0.25) is 0 Å².